The van der Waals surface area contributed by atoms with E-state index in [1.165, 1.54) is 0 Å². The van der Waals surface area contributed by atoms with E-state index in [4.69, 9.17) is 5.73 Å². The number of hydrogen-bond acceptors (Lipinski definition) is 1. The lowest BCUT2D eigenvalue weighted by Gasteiger charge is -2.12. The maximum absolute atomic E-state index is 10.8. The molecule has 0 spiro atoms. The van der Waals surface area contributed by atoms with Crippen LogP contribution in [0, 0.1) is 5.92 Å². The van der Waals surface area contributed by atoms with Crippen molar-refractivity contribution in [2.45, 2.75) is 32.1 Å². The van der Waals surface area contributed by atoms with Crippen molar-refractivity contribution in [3.63, 3.8) is 0 Å². The van der Waals surface area contributed by atoms with Crippen LogP contribution in [-0.4, -0.2) is 5.91 Å². The van der Waals surface area contributed by atoms with Gasteiger partial charge >= 0.3 is 0 Å². The Labute approximate surface area is 67.5 Å². The van der Waals surface area contributed by atoms with Gasteiger partial charge in [0.2, 0.25) is 5.91 Å². The summed E-state index contributed by atoms with van der Waals surface area (Å²) < 4.78 is 0. The van der Waals surface area contributed by atoms with Gasteiger partial charge in [-0.05, 0) is 32.1 Å². The fraction of sp³-hybridized carbons (Fsp3) is 0.667. The molecule has 0 bridgehead atoms. The highest BCUT2D eigenvalue weighted by atomic mass is 16.1. The number of rotatable bonds is 1. The molecule has 0 fully saturated rings. The topological polar surface area (TPSA) is 43.1 Å². The van der Waals surface area contributed by atoms with E-state index < -0.39 is 0 Å². The molecule has 1 aliphatic rings. The second-order valence-corrected chi connectivity index (χ2v) is 3.08. The van der Waals surface area contributed by atoms with Gasteiger partial charge < -0.3 is 5.73 Å². The molecule has 1 atom stereocenters. The van der Waals surface area contributed by atoms with Crippen LogP contribution < -0.4 is 5.73 Å². The lowest BCUT2D eigenvalue weighted by atomic mass is 9.94. The smallest absolute Gasteiger partial charge is 0.220 e. The molecule has 2 N–H and O–H groups in total. The molecule has 0 aromatic carbocycles. The van der Waals surface area contributed by atoms with Crippen molar-refractivity contribution in [2.24, 2.45) is 11.7 Å². The van der Waals surface area contributed by atoms with Crippen molar-refractivity contribution in [1.82, 2.24) is 0 Å². The molecule has 1 rings (SSSR count). The van der Waals surface area contributed by atoms with Crippen molar-refractivity contribution in [2.75, 3.05) is 0 Å². The highest BCUT2D eigenvalue weighted by molar-refractivity contribution is 5.76. The number of hydrogen-bond donors (Lipinski definition) is 1. The van der Waals surface area contributed by atoms with Gasteiger partial charge in [-0.3, -0.25) is 4.79 Å². The van der Waals surface area contributed by atoms with Gasteiger partial charge in [0.25, 0.3) is 0 Å². The molecule has 0 aliphatic heterocycles. The summed E-state index contributed by atoms with van der Waals surface area (Å²) in [7, 11) is 0. The minimum atomic E-state index is -0.125. The van der Waals surface area contributed by atoms with Crippen LogP contribution in [0.5, 0.6) is 0 Å². The number of nitrogens with two attached hydrogens (primary N) is 1. The molecule has 1 aliphatic carbocycles. The van der Waals surface area contributed by atoms with Crippen molar-refractivity contribution < 1.29 is 4.79 Å². The lowest BCUT2D eigenvalue weighted by molar-refractivity contribution is -0.122. The van der Waals surface area contributed by atoms with Crippen molar-refractivity contribution >= 4 is 5.91 Å². The van der Waals surface area contributed by atoms with Gasteiger partial charge in [-0.15, -0.1) is 0 Å². The summed E-state index contributed by atoms with van der Waals surface area (Å²) in [5.41, 5.74) is 5.22. The van der Waals surface area contributed by atoms with Crippen LogP contribution in [0.1, 0.15) is 32.1 Å². The molecular weight excluding hydrogens is 138 g/mol. The third kappa shape index (κ3) is 2.74. The number of carbonyl (C=O) groups excluding carboxylic acids is 1. The first kappa shape index (κ1) is 8.31. The van der Waals surface area contributed by atoms with E-state index in [9.17, 15) is 4.79 Å². The molecule has 2 nitrogen and oxygen atoms in total. The van der Waals surface area contributed by atoms with Gasteiger partial charge in [-0.2, -0.15) is 0 Å². The molecule has 0 aromatic heterocycles. The Morgan fingerprint density at radius 3 is 2.73 bits per heavy atom. The quantitative estimate of drug-likeness (QED) is 0.571. The molecule has 1 unspecified atom stereocenters. The molecular formula is C9H15NO. The molecule has 0 saturated carbocycles. The van der Waals surface area contributed by atoms with E-state index in [2.05, 4.69) is 12.2 Å². The zero-order valence-corrected chi connectivity index (χ0v) is 6.75. The van der Waals surface area contributed by atoms with E-state index in [-0.39, 0.29) is 11.8 Å². The van der Waals surface area contributed by atoms with Crippen LogP contribution in [0.25, 0.3) is 0 Å². The van der Waals surface area contributed by atoms with E-state index in [0.29, 0.717) is 0 Å². The van der Waals surface area contributed by atoms with Crippen molar-refractivity contribution in [1.29, 1.82) is 0 Å². The SMILES string of the molecule is NC(=O)C1CC/C=C\CCC1. The van der Waals surface area contributed by atoms with Crippen LogP contribution in [0.3, 0.4) is 0 Å². The van der Waals surface area contributed by atoms with Gasteiger partial charge in [-0.1, -0.05) is 12.2 Å². The monoisotopic (exact) mass is 153 g/mol. The molecule has 2 heteroatoms. The number of primary amides is 1. The fourth-order valence-corrected chi connectivity index (χ4v) is 1.44. The van der Waals surface area contributed by atoms with Gasteiger partial charge in [0.15, 0.2) is 0 Å². The predicted octanol–water partition coefficient (Wildman–Crippen LogP) is 1.61. The highest BCUT2D eigenvalue weighted by Crippen LogP contribution is 2.17. The highest BCUT2D eigenvalue weighted by Gasteiger charge is 2.14. The third-order valence-corrected chi connectivity index (χ3v) is 2.17. The van der Waals surface area contributed by atoms with Crippen LogP contribution in [0.4, 0.5) is 0 Å². The Morgan fingerprint density at radius 1 is 1.27 bits per heavy atom. The number of amides is 1. The van der Waals surface area contributed by atoms with Crippen LogP contribution in [0.15, 0.2) is 12.2 Å². The Bertz CT molecular complexity index is 163. The largest absolute Gasteiger partial charge is 0.369 e. The minimum Gasteiger partial charge on any atom is -0.369 e. The molecule has 11 heavy (non-hydrogen) atoms. The standard InChI is InChI=1S/C9H15NO/c10-9(11)8-6-4-2-1-3-5-7-8/h1-2,8H,3-7H2,(H2,10,11)/b2-1-. The lowest BCUT2D eigenvalue weighted by Crippen LogP contribution is -2.23. The zero-order valence-electron chi connectivity index (χ0n) is 6.75. The predicted molar refractivity (Wildman–Crippen MR) is 44.9 cm³/mol. The van der Waals surface area contributed by atoms with Gasteiger partial charge in [-0.25, -0.2) is 0 Å². The Hall–Kier alpha value is -0.790. The number of allylic oxidation sites excluding steroid dienone is 2. The van der Waals surface area contributed by atoms with E-state index in [0.717, 1.165) is 32.1 Å². The normalized spacial score (nSPS) is 28.5. The molecule has 0 saturated heterocycles. The summed E-state index contributed by atoms with van der Waals surface area (Å²) in [6.07, 6.45) is 9.46. The molecule has 0 aromatic rings. The summed E-state index contributed by atoms with van der Waals surface area (Å²) in [5.74, 6) is 0.000231. The van der Waals surface area contributed by atoms with E-state index in [1.807, 2.05) is 0 Å². The first-order chi connectivity index (χ1) is 5.30. The second-order valence-electron chi connectivity index (χ2n) is 3.08. The third-order valence-electron chi connectivity index (χ3n) is 2.17. The van der Waals surface area contributed by atoms with Crippen molar-refractivity contribution in [3.8, 4) is 0 Å². The number of carbonyl (C=O) groups is 1. The van der Waals surface area contributed by atoms with Gasteiger partial charge in [0.05, 0.1) is 0 Å². The Balaban J connectivity index is 2.42. The Kier molecular flexibility index (Phi) is 3.14. The van der Waals surface area contributed by atoms with Gasteiger partial charge in [0.1, 0.15) is 0 Å². The van der Waals surface area contributed by atoms with E-state index in [1.54, 1.807) is 0 Å². The molecule has 0 radical (unpaired) electrons. The van der Waals surface area contributed by atoms with Crippen LogP contribution in [-0.2, 0) is 4.79 Å². The van der Waals surface area contributed by atoms with Gasteiger partial charge in [0, 0.05) is 5.92 Å². The molecule has 62 valence electrons. The average molecular weight is 153 g/mol. The summed E-state index contributed by atoms with van der Waals surface area (Å²) in [6.45, 7) is 0. The first-order valence-corrected chi connectivity index (χ1v) is 4.25. The van der Waals surface area contributed by atoms with E-state index >= 15 is 0 Å². The van der Waals surface area contributed by atoms with Crippen LogP contribution >= 0.6 is 0 Å². The summed E-state index contributed by atoms with van der Waals surface area (Å²) >= 11 is 0. The van der Waals surface area contributed by atoms with Crippen molar-refractivity contribution in [3.05, 3.63) is 12.2 Å². The maximum atomic E-state index is 10.8. The molecule has 0 heterocycles. The maximum Gasteiger partial charge on any atom is 0.220 e. The minimum absolute atomic E-state index is 0.125. The Morgan fingerprint density at radius 2 is 2.00 bits per heavy atom. The van der Waals surface area contributed by atoms with Crippen LogP contribution in [0.2, 0.25) is 0 Å². The zero-order chi connectivity index (χ0) is 8.10. The average Bonchev–Trinajstić information content (AvgIpc) is 1.84. The second kappa shape index (κ2) is 4.16. The summed E-state index contributed by atoms with van der Waals surface area (Å²) in [4.78, 5) is 10.8. The summed E-state index contributed by atoms with van der Waals surface area (Å²) in [6, 6.07) is 0. The fourth-order valence-electron chi connectivity index (χ4n) is 1.44. The molecule has 1 amide bonds. The first-order valence-electron chi connectivity index (χ1n) is 4.25. The summed E-state index contributed by atoms with van der Waals surface area (Å²) in [5, 5.41) is 0.